The van der Waals surface area contributed by atoms with Crippen LogP contribution in [0, 0.1) is 0 Å². The summed E-state index contributed by atoms with van der Waals surface area (Å²) in [5.41, 5.74) is 2.23. The molecule has 0 saturated carbocycles. The van der Waals surface area contributed by atoms with Gasteiger partial charge in [-0.1, -0.05) is 30.3 Å². The Labute approximate surface area is 89.2 Å². The minimum absolute atomic E-state index is 0.170. The Hall–Kier alpha value is -1.83. The summed E-state index contributed by atoms with van der Waals surface area (Å²) in [5, 5.41) is 0. The van der Waals surface area contributed by atoms with Crippen molar-refractivity contribution in [1.29, 1.82) is 0 Å². The fourth-order valence-electron chi connectivity index (χ4n) is 1.66. The monoisotopic (exact) mass is 199 g/mol. The first kappa shape index (κ1) is 9.71. The smallest absolute Gasteiger partial charge is 0.149 e. The molecule has 2 heteroatoms. The summed E-state index contributed by atoms with van der Waals surface area (Å²) < 4.78 is 1.97. The number of aromatic nitrogens is 1. The highest BCUT2D eigenvalue weighted by atomic mass is 16.1. The number of hydrogen-bond acceptors (Lipinski definition) is 1. The summed E-state index contributed by atoms with van der Waals surface area (Å²) in [4.78, 5) is 11.1. The van der Waals surface area contributed by atoms with Crippen LogP contribution in [0.2, 0.25) is 0 Å². The number of hydrogen-bond donors (Lipinski definition) is 0. The van der Waals surface area contributed by atoms with Crippen LogP contribution in [-0.2, 0) is 11.3 Å². The van der Waals surface area contributed by atoms with E-state index in [-0.39, 0.29) is 5.78 Å². The number of carbonyl (C=O) groups excluding carboxylic acids is 1. The zero-order chi connectivity index (χ0) is 10.7. The maximum Gasteiger partial charge on any atom is 0.149 e. The lowest BCUT2D eigenvalue weighted by Gasteiger charge is -2.06. The van der Waals surface area contributed by atoms with E-state index in [1.165, 1.54) is 0 Å². The molecule has 0 aliphatic heterocycles. The molecular weight excluding hydrogens is 186 g/mol. The predicted molar refractivity (Wildman–Crippen MR) is 60.5 cm³/mol. The van der Waals surface area contributed by atoms with Crippen LogP contribution in [0.5, 0.6) is 0 Å². The summed E-state index contributed by atoms with van der Waals surface area (Å²) in [6, 6.07) is 14.1. The second-order valence-corrected chi connectivity index (χ2v) is 3.59. The van der Waals surface area contributed by atoms with E-state index in [2.05, 4.69) is 0 Å². The van der Waals surface area contributed by atoms with Gasteiger partial charge in [-0.3, -0.25) is 4.79 Å². The summed E-state index contributed by atoms with van der Waals surface area (Å²) in [6.45, 7) is 2.05. The molecule has 0 unspecified atom stereocenters. The van der Waals surface area contributed by atoms with Gasteiger partial charge in [0.25, 0.3) is 0 Å². The van der Waals surface area contributed by atoms with Crippen molar-refractivity contribution in [2.75, 3.05) is 0 Å². The number of Topliss-reactive ketones (excluding diaryl/α,β-unsaturated/α-hetero) is 1. The van der Waals surface area contributed by atoms with Gasteiger partial charge in [-0.05, 0) is 24.6 Å². The largest absolute Gasteiger partial charge is 0.340 e. The van der Waals surface area contributed by atoms with Crippen LogP contribution in [0.3, 0.4) is 0 Å². The molecular formula is C13H13NO. The standard InChI is InChI=1S/C13H13NO/c1-11(15)10-14-9-5-8-13(14)12-6-3-2-4-7-12/h2-9H,10H2,1H3. The second kappa shape index (κ2) is 4.13. The van der Waals surface area contributed by atoms with Crippen molar-refractivity contribution < 1.29 is 4.79 Å². The molecule has 0 spiro atoms. The van der Waals surface area contributed by atoms with Crippen molar-refractivity contribution in [2.24, 2.45) is 0 Å². The average molecular weight is 199 g/mol. The Morgan fingerprint density at radius 3 is 2.53 bits per heavy atom. The lowest BCUT2D eigenvalue weighted by Crippen LogP contribution is -2.05. The Kier molecular flexibility index (Phi) is 2.68. The molecule has 0 aliphatic rings. The van der Waals surface area contributed by atoms with Crippen molar-refractivity contribution >= 4 is 5.78 Å². The summed E-state index contributed by atoms with van der Waals surface area (Å²) in [5.74, 6) is 0.170. The molecule has 0 amide bonds. The average Bonchev–Trinajstić information content (AvgIpc) is 2.66. The van der Waals surface area contributed by atoms with Crippen LogP contribution in [-0.4, -0.2) is 10.4 Å². The van der Waals surface area contributed by atoms with Crippen LogP contribution < -0.4 is 0 Å². The highest BCUT2D eigenvalue weighted by Gasteiger charge is 2.04. The number of carbonyl (C=O) groups is 1. The van der Waals surface area contributed by atoms with Gasteiger partial charge < -0.3 is 4.57 Å². The number of benzene rings is 1. The molecule has 1 aromatic carbocycles. The maximum absolute atomic E-state index is 11.1. The highest BCUT2D eigenvalue weighted by Crippen LogP contribution is 2.19. The van der Waals surface area contributed by atoms with Crippen molar-refractivity contribution in [3.63, 3.8) is 0 Å². The molecule has 0 atom stereocenters. The topological polar surface area (TPSA) is 22.0 Å². The summed E-state index contributed by atoms with van der Waals surface area (Å²) in [7, 11) is 0. The Balaban J connectivity index is 2.37. The first-order valence-corrected chi connectivity index (χ1v) is 4.97. The third-order valence-electron chi connectivity index (χ3n) is 2.29. The quantitative estimate of drug-likeness (QED) is 0.745. The van der Waals surface area contributed by atoms with E-state index in [1.807, 2.05) is 53.2 Å². The number of nitrogens with zero attached hydrogens (tertiary/aromatic N) is 1. The molecule has 0 N–H and O–H groups in total. The van der Waals surface area contributed by atoms with Crippen molar-refractivity contribution in [2.45, 2.75) is 13.5 Å². The van der Waals surface area contributed by atoms with Crippen LogP contribution in [0.1, 0.15) is 6.92 Å². The van der Waals surface area contributed by atoms with Gasteiger partial charge in [-0.25, -0.2) is 0 Å². The zero-order valence-corrected chi connectivity index (χ0v) is 8.68. The third-order valence-corrected chi connectivity index (χ3v) is 2.29. The van der Waals surface area contributed by atoms with Gasteiger partial charge >= 0.3 is 0 Å². The van der Waals surface area contributed by atoms with Crippen LogP contribution in [0.4, 0.5) is 0 Å². The Morgan fingerprint density at radius 2 is 1.87 bits per heavy atom. The number of ketones is 1. The van der Waals surface area contributed by atoms with Gasteiger partial charge in [0.15, 0.2) is 0 Å². The second-order valence-electron chi connectivity index (χ2n) is 3.59. The molecule has 15 heavy (non-hydrogen) atoms. The fourth-order valence-corrected chi connectivity index (χ4v) is 1.66. The van der Waals surface area contributed by atoms with Crippen LogP contribution >= 0.6 is 0 Å². The molecule has 1 aromatic heterocycles. The molecule has 0 radical (unpaired) electrons. The Bertz CT molecular complexity index is 456. The predicted octanol–water partition coefficient (Wildman–Crippen LogP) is 2.74. The third kappa shape index (κ3) is 2.15. The van der Waals surface area contributed by atoms with Crippen LogP contribution in [0.25, 0.3) is 11.3 Å². The van der Waals surface area contributed by atoms with E-state index in [1.54, 1.807) is 6.92 Å². The zero-order valence-electron chi connectivity index (χ0n) is 8.68. The summed E-state index contributed by atoms with van der Waals surface area (Å²) in [6.07, 6.45) is 1.93. The van der Waals surface area contributed by atoms with Gasteiger partial charge in [0.1, 0.15) is 5.78 Å². The van der Waals surface area contributed by atoms with Crippen molar-refractivity contribution in [3.05, 3.63) is 48.7 Å². The molecule has 0 bridgehead atoms. The molecule has 0 saturated heterocycles. The molecule has 0 aliphatic carbocycles. The molecule has 0 fully saturated rings. The van der Waals surface area contributed by atoms with Gasteiger partial charge in [-0.2, -0.15) is 0 Å². The minimum atomic E-state index is 0.170. The van der Waals surface area contributed by atoms with E-state index < -0.39 is 0 Å². The normalized spacial score (nSPS) is 10.2. The fraction of sp³-hybridized carbons (Fsp3) is 0.154. The number of rotatable bonds is 3. The minimum Gasteiger partial charge on any atom is -0.340 e. The van der Waals surface area contributed by atoms with E-state index in [0.717, 1.165) is 11.3 Å². The van der Waals surface area contributed by atoms with Crippen molar-refractivity contribution in [1.82, 2.24) is 4.57 Å². The first-order chi connectivity index (χ1) is 7.27. The van der Waals surface area contributed by atoms with Gasteiger partial charge in [-0.15, -0.1) is 0 Å². The lowest BCUT2D eigenvalue weighted by atomic mass is 10.1. The van der Waals surface area contributed by atoms with Gasteiger partial charge in [0.2, 0.25) is 0 Å². The van der Waals surface area contributed by atoms with E-state index in [0.29, 0.717) is 6.54 Å². The van der Waals surface area contributed by atoms with E-state index >= 15 is 0 Å². The Morgan fingerprint density at radius 1 is 1.13 bits per heavy atom. The van der Waals surface area contributed by atoms with Crippen LogP contribution in [0.15, 0.2) is 48.7 Å². The molecule has 76 valence electrons. The maximum atomic E-state index is 11.1. The first-order valence-electron chi connectivity index (χ1n) is 4.97. The van der Waals surface area contributed by atoms with E-state index in [4.69, 9.17) is 0 Å². The van der Waals surface area contributed by atoms with E-state index in [9.17, 15) is 4.79 Å². The molecule has 2 nitrogen and oxygen atoms in total. The van der Waals surface area contributed by atoms with Gasteiger partial charge in [0.05, 0.1) is 6.54 Å². The highest BCUT2D eigenvalue weighted by molar-refractivity contribution is 5.76. The van der Waals surface area contributed by atoms with Gasteiger partial charge in [0, 0.05) is 11.9 Å². The summed E-state index contributed by atoms with van der Waals surface area (Å²) >= 11 is 0. The molecule has 2 aromatic rings. The molecule has 2 rings (SSSR count). The molecule has 1 heterocycles. The lowest BCUT2D eigenvalue weighted by molar-refractivity contribution is -0.117. The SMILES string of the molecule is CC(=O)Cn1cccc1-c1ccccc1. The van der Waals surface area contributed by atoms with Crippen molar-refractivity contribution in [3.8, 4) is 11.3 Å².